The highest BCUT2D eigenvalue weighted by Gasteiger charge is 2.39. The highest BCUT2D eigenvalue weighted by Crippen LogP contribution is 2.35. The Morgan fingerprint density at radius 1 is 1.36 bits per heavy atom. The largest absolute Gasteiger partial charge is 0.436 e. The molecule has 0 saturated heterocycles. The van der Waals surface area contributed by atoms with E-state index in [0.717, 1.165) is 15.7 Å². The Balaban J connectivity index is 1.68. The van der Waals surface area contributed by atoms with Crippen LogP contribution in [0.5, 0.6) is 0 Å². The predicted octanol–water partition coefficient (Wildman–Crippen LogP) is 2.94. The van der Waals surface area contributed by atoms with Gasteiger partial charge in [-0.2, -0.15) is 18.3 Å². The highest BCUT2D eigenvalue weighted by atomic mass is 35.5. The first-order chi connectivity index (χ1) is 11.8. The van der Waals surface area contributed by atoms with Gasteiger partial charge in [0.15, 0.2) is 5.69 Å². The third kappa shape index (κ3) is 3.46. The molecule has 0 fully saturated rings. The lowest BCUT2D eigenvalue weighted by Gasteiger charge is -2.05. The Kier molecular flexibility index (Phi) is 4.42. The van der Waals surface area contributed by atoms with E-state index in [1.807, 2.05) is 24.3 Å². The molecule has 25 heavy (non-hydrogen) atoms. The lowest BCUT2D eigenvalue weighted by Crippen LogP contribution is -2.28. The van der Waals surface area contributed by atoms with Crippen LogP contribution in [0.4, 0.5) is 13.2 Å². The number of H-pyrrole nitrogens is 1. The number of benzene rings is 1. The molecule has 0 atom stereocenters. The smallest absolute Gasteiger partial charge is 0.350 e. The van der Waals surface area contributed by atoms with Gasteiger partial charge in [-0.1, -0.05) is 23.7 Å². The minimum atomic E-state index is -4.72. The molecule has 0 spiro atoms. The molecule has 0 aliphatic carbocycles. The lowest BCUT2D eigenvalue weighted by atomic mass is 10.3. The molecular weight excluding hydrogens is 359 g/mol. The van der Waals surface area contributed by atoms with Crippen molar-refractivity contribution in [3.05, 3.63) is 46.5 Å². The summed E-state index contributed by atoms with van der Waals surface area (Å²) >= 11 is 5.68. The van der Waals surface area contributed by atoms with Crippen LogP contribution in [0.3, 0.4) is 0 Å². The van der Waals surface area contributed by atoms with Crippen LogP contribution in [0.2, 0.25) is 5.02 Å². The number of nitrogens with zero attached hydrogens (tertiary/aromatic N) is 3. The number of aromatic nitrogens is 4. The number of carbonyl (C=O) groups is 1. The summed E-state index contributed by atoms with van der Waals surface area (Å²) in [6, 6.07) is 7.45. The summed E-state index contributed by atoms with van der Waals surface area (Å²) in [5.41, 5.74) is 0.0550. The molecule has 2 N–H and O–H groups in total. The van der Waals surface area contributed by atoms with Gasteiger partial charge in [-0.3, -0.25) is 9.48 Å². The van der Waals surface area contributed by atoms with E-state index in [2.05, 4.69) is 20.4 Å². The number of halogens is 4. The summed E-state index contributed by atoms with van der Waals surface area (Å²) in [5.74, 6) is -0.0693. The average molecular weight is 372 g/mol. The average Bonchev–Trinajstić information content (AvgIpc) is 3.07. The maximum atomic E-state index is 12.8. The molecule has 2 aromatic heterocycles. The zero-order valence-corrected chi connectivity index (χ0v) is 13.7. The molecule has 10 heteroatoms. The van der Waals surface area contributed by atoms with Crippen molar-refractivity contribution in [1.82, 2.24) is 25.1 Å². The number of rotatable bonds is 4. The number of nitrogens with one attached hydrogen (secondary N) is 2. The van der Waals surface area contributed by atoms with Crippen LogP contribution in [0.1, 0.15) is 22.0 Å². The second-order valence-corrected chi connectivity index (χ2v) is 5.72. The number of imidazole rings is 1. The van der Waals surface area contributed by atoms with E-state index in [-0.39, 0.29) is 12.2 Å². The number of hydrogen-bond acceptors (Lipinski definition) is 3. The minimum Gasteiger partial charge on any atom is -0.350 e. The molecule has 0 bridgehead atoms. The quantitative estimate of drug-likeness (QED) is 0.740. The summed E-state index contributed by atoms with van der Waals surface area (Å²) in [6.45, 7) is 0.182. The third-order valence-corrected chi connectivity index (χ3v) is 3.92. The molecule has 1 aromatic carbocycles. The Bertz CT molecular complexity index is 898. The van der Waals surface area contributed by atoms with Crippen molar-refractivity contribution in [2.45, 2.75) is 12.6 Å². The molecule has 3 aromatic rings. The maximum absolute atomic E-state index is 12.8. The van der Waals surface area contributed by atoms with E-state index in [9.17, 15) is 18.0 Å². The molecule has 6 nitrogen and oxygen atoms in total. The molecule has 132 valence electrons. The Labute approximate surface area is 145 Å². The van der Waals surface area contributed by atoms with Gasteiger partial charge >= 0.3 is 6.18 Å². The predicted molar refractivity (Wildman–Crippen MR) is 85.4 cm³/mol. The van der Waals surface area contributed by atoms with Crippen LogP contribution < -0.4 is 5.32 Å². The molecule has 0 unspecified atom stereocenters. The van der Waals surface area contributed by atoms with Gasteiger partial charge < -0.3 is 10.3 Å². The number of aromatic amines is 1. The number of amides is 1. The fraction of sp³-hybridized carbons (Fsp3) is 0.267. The van der Waals surface area contributed by atoms with Gasteiger partial charge in [0.2, 0.25) is 0 Å². The minimum absolute atomic E-state index is 0.182. The monoisotopic (exact) mass is 371 g/mol. The Hall–Kier alpha value is -2.55. The number of hydrogen-bond donors (Lipinski definition) is 2. The van der Waals surface area contributed by atoms with Crippen molar-refractivity contribution in [1.29, 1.82) is 0 Å². The van der Waals surface area contributed by atoms with Gasteiger partial charge in [0.25, 0.3) is 5.91 Å². The van der Waals surface area contributed by atoms with Crippen molar-refractivity contribution in [3.63, 3.8) is 0 Å². The zero-order valence-electron chi connectivity index (χ0n) is 13.0. The second-order valence-electron chi connectivity index (χ2n) is 5.34. The summed E-state index contributed by atoms with van der Waals surface area (Å²) < 4.78 is 39.1. The summed E-state index contributed by atoms with van der Waals surface area (Å²) in [6.07, 6.45) is -4.33. The van der Waals surface area contributed by atoms with Crippen molar-refractivity contribution >= 4 is 28.5 Å². The van der Waals surface area contributed by atoms with Crippen LogP contribution in [0, 0.1) is 0 Å². The van der Waals surface area contributed by atoms with Crippen LogP contribution in [0.15, 0.2) is 24.3 Å². The van der Waals surface area contributed by atoms with E-state index >= 15 is 0 Å². The van der Waals surface area contributed by atoms with E-state index in [1.165, 1.54) is 7.05 Å². The molecular formula is C15H13ClF3N5O. The molecule has 0 aliphatic heterocycles. The molecule has 0 aliphatic rings. The molecule has 2 heterocycles. The van der Waals surface area contributed by atoms with Crippen LogP contribution in [-0.2, 0) is 19.6 Å². The third-order valence-electron chi connectivity index (χ3n) is 3.56. The van der Waals surface area contributed by atoms with Gasteiger partial charge in [0, 0.05) is 20.0 Å². The fourth-order valence-corrected chi connectivity index (χ4v) is 2.78. The first-order valence-corrected chi connectivity index (χ1v) is 7.66. The van der Waals surface area contributed by atoms with E-state index in [1.54, 1.807) is 0 Å². The second kappa shape index (κ2) is 6.40. The molecule has 3 rings (SSSR count). The normalized spacial score (nSPS) is 11.9. The number of fused-ring (bicyclic) bond motifs is 1. The first kappa shape index (κ1) is 17.3. The standard InChI is InChI=1S/C15H13ClF3N5O/c1-24-12(11(16)13(23-24)15(17,18)19)14(25)20-7-6-10-21-8-4-2-3-5-9(8)22-10/h2-5H,6-7H2,1H3,(H,20,25)(H,21,22). The van der Waals surface area contributed by atoms with Crippen molar-refractivity contribution in [2.24, 2.45) is 7.05 Å². The SMILES string of the molecule is Cn1nc(C(F)(F)F)c(Cl)c1C(=O)NCCc1nc2ccccc2[nH]1. The topological polar surface area (TPSA) is 75.6 Å². The molecule has 0 saturated carbocycles. The lowest BCUT2D eigenvalue weighted by molar-refractivity contribution is -0.141. The number of para-hydroxylation sites is 2. The van der Waals surface area contributed by atoms with Gasteiger partial charge in [0.1, 0.15) is 16.5 Å². The molecule has 1 amide bonds. The van der Waals surface area contributed by atoms with Gasteiger partial charge in [0.05, 0.1) is 11.0 Å². The van der Waals surface area contributed by atoms with Gasteiger partial charge in [-0.25, -0.2) is 4.98 Å². The molecule has 0 radical (unpaired) electrons. The highest BCUT2D eigenvalue weighted by molar-refractivity contribution is 6.34. The Morgan fingerprint density at radius 2 is 2.08 bits per heavy atom. The van der Waals surface area contributed by atoms with Gasteiger partial charge in [-0.05, 0) is 12.1 Å². The Morgan fingerprint density at radius 3 is 2.72 bits per heavy atom. The number of aryl methyl sites for hydroxylation is 1. The van der Waals surface area contributed by atoms with Crippen LogP contribution >= 0.6 is 11.6 Å². The summed E-state index contributed by atoms with van der Waals surface area (Å²) in [4.78, 5) is 19.6. The zero-order chi connectivity index (χ0) is 18.2. The summed E-state index contributed by atoms with van der Waals surface area (Å²) in [5, 5.41) is 5.09. The number of alkyl halides is 3. The first-order valence-electron chi connectivity index (χ1n) is 7.29. The van der Waals surface area contributed by atoms with Crippen LogP contribution in [-0.4, -0.2) is 32.2 Å². The van der Waals surface area contributed by atoms with Gasteiger partial charge in [-0.15, -0.1) is 0 Å². The van der Waals surface area contributed by atoms with E-state index in [0.29, 0.717) is 12.2 Å². The van der Waals surface area contributed by atoms with Crippen molar-refractivity contribution in [3.8, 4) is 0 Å². The van der Waals surface area contributed by atoms with Crippen molar-refractivity contribution < 1.29 is 18.0 Å². The summed E-state index contributed by atoms with van der Waals surface area (Å²) in [7, 11) is 1.23. The van der Waals surface area contributed by atoms with Crippen molar-refractivity contribution in [2.75, 3.05) is 6.54 Å². The van der Waals surface area contributed by atoms with Crippen LogP contribution in [0.25, 0.3) is 11.0 Å². The van der Waals surface area contributed by atoms with E-state index in [4.69, 9.17) is 11.6 Å². The number of carbonyl (C=O) groups excluding carboxylic acids is 1. The fourth-order valence-electron chi connectivity index (χ4n) is 2.43. The van der Waals surface area contributed by atoms with E-state index < -0.39 is 22.8 Å². The maximum Gasteiger partial charge on any atom is 0.436 e.